The number of aliphatic hydroxyl groups excluding tert-OH is 1. The molecule has 1 saturated heterocycles. The van der Waals surface area contributed by atoms with Crippen LogP contribution >= 0.6 is 11.8 Å². The molecule has 0 aliphatic carbocycles. The van der Waals surface area contributed by atoms with Crippen molar-refractivity contribution in [3.63, 3.8) is 0 Å². The predicted octanol–water partition coefficient (Wildman–Crippen LogP) is -0.446. The van der Waals surface area contributed by atoms with Gasteiger partial charge in [-0.2, -0.15) is 0 Å². The molecule has 1 aromatic carbocycles. The molecule has 11 heteroatoms. The number of nitrogens with two attached hydrogens (primary N) is 1. The number of hydrogen-bond acceptors (Lipinski definition) is 7. The Hall–Kier alpha value is -3.05. The summed E-state index contributed by atoms with van der Waals surface area (Å²) in [4.78, 5) is 48.2. The lowest BCUT2D eigenvalue weighted by Crippen LogP contribution is -2.71. The van der Waals surface area contributed by atoms with Gasteiger partial charge in [-0.1, -0.05) is 30.3 Å². The molecule has 0 radical (unpaired) electrons. The van der Waals surface area contributed by atoms with Crippen molar-refractivity contribution in [2.75, 3.05) is 12.4 Å². The summed E-state index contributed by atoms with van der Waals surface area (Å²) >= 11 is 1.21. The van der Waals surface area contributed by atoms with Gasteiger partial charge in [0, 0.05) is 11.3 Å². The number of benzene rings is 1. The van der Waals surface area contributed by atoms with Crippen molar-refractivity contribution < 1.29 is 34.1 Å². The highest BCUT2D eigenvalue weighted by Crippen LogP contribution is 2.40. The van der Waals surface area contributed by atoms with Crippen LogP contribution in [-0.2, 0) is 19.1 Å². The van der Waals surface area contributed by atoms with Gasteiger partial charge in [0.25, 0.3) is 11.8 Å². The molecule has 3 atom stereocenters. The second kappa shape index (κ2) is 7.90. The van der Waals surface area contributed by atoms with Crippen LogP contribution in [0.25, 0.3) is 0 Å². The monoisotopic (exact) mass is 407 g/mol. The van der Waals surface area contributed by atoms with E-state index in [1.54, 1.807) is 30.3 Å². The molecule has 28 heavy (non-hydrogen) atoms. The molecule has 5 N–H and O–H groups in total. The molecule has 0 aromatic heterocycles. The Kier molecular flexibility index (Phi) is 5.56. The minimum Gasteiger partial charge on any atom is -0.477 e. The maximum atomic E-state index is 12.5. The van der Waals surface area contributed by atoms with Gasteiger partial charge < -0.3 is 26.0 Å². The van der Waals surface area contributed by atoms with Gasteiger partial charge in [0.2, 0.25) is 0 Å². The lowest BCUT2D eigenvalue weighted by Gasteiger charge is -2.49. The van der Waals surface area contributed by atoms with E-state index in [-0.39, 0.29) is 23.6 Å². The van der Waals surface area contributed by atoms with E-state index in [2.05, 4.69) is 10.1 Å². The average molecular weight is 407 g/mol. The van der Waals surface area contributed by atoms with Crippen molar-refractivity contribution in [1.29, 1.82) is 0 Å². The van der Waals surface area contributed by atoms with Gasteiger partial charge in [0.05, 0.1) is 0 Å². The number of primary amides is 1. The summed E-state index contributed by atoms with van der Waals surface area (Å²) in [5, 5.41) is 21.4. The van der Waals surface area contributed by atoms with Crippen LogP contribution in [0, 0.1) is 0 Å². The van der Waals surface area contributed by atoms with E-state index in [4.69, 9.17) is 5.73 Å². The summed E-state index contributed by atoms with van der Waals surface area (Å²) in [6, 6.07) is 7.25. The first-order valence-corrected chi connectivity index (χ1v) is 9.21. The fraction of sp³-hybridized carbons (Fsp3) is 0.294. The number of fused-ring (bicyclic) bond motifs is 1. The van der Waals surface area contributed by atoms with Crippen LogP contribution in [0.2, 0.25) is 0 Å². The zero-order valence-corrected chi connectivity index (χ0v) is 15.2. The third-order valence-electron chi connectivity index (χ3n) is 4.30. The highest BCUT2D eigenvalue weighted by Gasteiger charge is 2.54. The molecule has 0 bridgehead atoms. The molecule has 148 valence electrons. The highest BCUT2D eigenvalue weighted by molar-refractivity contribution is 8.00. The van der Waals surface area contributed by atoms with E-state index >= 15 is 0 Å². The van der Waals surface area contributed by atoms with Crippen molar-refractivity contribution in [3.05, 3.63) is 47.2 Å². The van der Waals surface area contributed by atoms with Crippen molar-refractivity contribution in [2.45, 2.75) is 17.5 Å². The Bertz CT molecular complexity index is 858. The number of hydrogen-bond donors (Lipinski definition) is 4. The number of ether oxygens (including phenoxy) is 1. The fourth-order valence-electron chi connectivity index (χ4n) is 2.97. The Balaban J connectivity index is 1.72. The van der Waals surface area contributed by atoms with Crippen molar-refractivity contribution in [1.82, 2.24) is 10.2 Å². The molecule has 0 saturated carbocycles. The summed E-state index contributed by atoms with van der Waals surface area (Å²) in [6.07, 6.45) is -2.51. The van der Waals surface area contributed by atoms with E-state index < -0.39 is 41.4 Å². The molecule has 2 aliphatic rings. The van der Waals surface area contributed by atoms with Gasteiger partial charge in [-0.25, -0.2) is 9.59 Å². The molecule has 1 fully saturated rings. The standard InChI is InChI=1S/C17H17N3O7S/c18-17(26)27-6-9-7-28-15-10(14(23)20(15)11(9)16(24)25)19-13(22)12(21)8-4-2-1-3-5-8/h1-5,10,12,15,21H,6-7H2,(H2,18,26)(H,19,22)(H,24,25)/t10?,12?,15-/m0/s1. The number of carboxylic acids is 1. The van der Waals surface area contributed by atoms with Gasteiger partial charge in [-0.15, -0.1) is 11.8 Å². The van der Waals surface area contributed by atoms with E-state index in [0.717, 1.165) is 4.90 Å². The first-order valence-electron chi connectivity index (χ1n) is 8.17. The third kappa shape index (κ3) is 3.66. The van der Waals surface area contributed by atoms with Crippen LogP contribution in [0.1, 0.15) is 11.7 Å². The van der Waals surface area contributed by atoms with Gasteiger partial charge in [0.1, 0.15) is 23.7 Å². The Morgan fingerprint density at radius 2 is 2.00 bits per heavy atom. The molecule has 1 aromatic rings. The minimum atomic E-state index is -1.45. The van der Waals surface area contributed by atoms with Crippen LogP contribution in [0.3, 0.4) is 0 Å². The zero-order chi connectivity index (χ0) is 20.4. The van der Waals surface area contributed by atoms with Gasteiger partial charge in [-0.3, -0.25) is 14.5 Å². The van der Waals surface area contributed by atoms with Gasteiger partial charge >= 0.3 is 12.1 Å². The molecular weight excluding hydrogens is 390 g/mol. The molecule has 10 nitrogen and oxygen atoms in total. The van der Waals surface area contributed by atoms with Crippen molar-refractivity contribution in [2.24, 2.45) is 5.73 Å². The number of aliphatic hydroxyl groups is 1. The molecule has 0 spiro atoms. The fourth-order valence-corrected chi connectivity index (χ4v) is 4.30. The molecule has 2 heterocycles. The number of nitrogens with zero attached hydrogens (tertiary/aromatic N) is 1. The first kappa shape index (κ1) is 19.7. The largest absolute Gasteiger partial charge is 0.477 e. The number of rotatable bonds is 6. The second-order valence-electron chi connectivity index (χ2n) is 6.07. The summed E-state index contributed by atoms with van der Waals surface area (Å²) < 4.78 is 4.64. The quantitative estimate of drug-likeness (QED) is 0.462. The summed E-state index contributed by atoms with van der Waals surface area (Å²) in [5.74, 6) is -2.55. The number of β-lactam (4-membered cyclic amide) rings is 1. The molecular formula is C17H17N3O7S. The Labute approximate surface area is 163 Å². The van der Waals surface area contributed by atoms with Crippen molar-refractivity contribution >= 4 is 35.6 Å². The molecule has 3 amide bonds. The number of nitrogens with one attached hydrogen (secondary N) is 1. The van der Waals surface area contributed by atoms with E-state index in [9.17, 15) is 29.4 Å². The summed E-state index contributed by atoms with van der Waals surface area (Å²) in [7, 11) is 0. The topological polar surface area (TPSA) is 159 Å². The molecule has 2 aliphatic heterocycles. The van der Waals surface area contributed by atoms with E-state index in [1.807, 2.05) is 0 Å². The molecule has 3 rings (SSSR count). The first-order chi connectivity index (χ1) is 13.3. The summed E-state index contributed by atoms with van der Waals surface area (Å²) in [6.45, 7) is -0.343. The lowest BCUT2D eigenvalue weighted by atomic mass is 10.0. The SMILES string of the molecule is NC(=O)OCC1=C(C(=O)O)N2C(=O)C(NC(=O)C(O)c3ccccc3)[C@@H]2SC1. The average Bonchev–Trinajstić information content (AvgIpc) is 2.69. The number of amides is 3. The van der Waals surface area contributed by atoms with Crippen LogP contribution in [-0.4, -0.2) is 62.8 Å². The Morgan fingerprint density at radius 1 is 1.32 bits per heavy atom. The maximum absolute atomic E-state index is 12.5. The van der Waals surface area contributed by atoms with Crippen LogP contribution in [0.4, 0.5) is 4.79 Å². The summed E-state index contributed by atoms with van der Waals surface area (Å²) in [5.41, 5.74) is 5.21. The van der Waals surface area contributed by atoms with E-state index in [1.165, 1.54) is 11.8 Å². The Morgan fingerprint density at radius 3 is 2.61 bits per heavy atom. The van der Waals surface area contributed by atoms with Crippen LogP contribution in [0.15, 0.2) is 41.6 Å². The minimum absolute atomic E-state index is 0.178. The third-order valence-corrected chi connectivity index (χ3v) is 5.64. The van der Waals surface area contributed by atoms with Gasteiger partial charge in [-0.05, 0) is 5.56 Å². The number of thioether (sulfide) groups is 1. The predicted molar refractivity (Wildman–Crippen MR) is 96.6 cm³/mol. The van der Waals surface area contributed by atoms with E-state index in [0.29, 0.717) is 5.56 Å². The zero-order valence-electron chi connectivity index (χ0n) is 14.4. The van der Waals surface area contributed by atoms with Crippen LogP contribution in [0.5, 0.6) is 0 Å². The number of aliphatic carboxylic acids is 1. The molecule has 2 unspecified atom stereocenters. The van der Waals surface area contributed by atoms with Crippen molar-refractivity contribution in [3.8, 4) is 0 Å². The number of carboxylic acid groups (broad SMARTS) is 1. The highest BCUT2D eigenvalue weighted by atomic mass is 32.2. The maximum Gasteiger partial charge on any atom is 0.404 e. The smallest absolute Gasteiger partial charge is 0.404 e. The number of carbonyl (C=O) groups excluding carboxylic acids is 3. The number of carbonyl (C=O) groups is 4. The second-order valence-corrected chi connectivity index (χ2v) is 7.18. The van der Waals surface area contributed by atoms with Crippen LogP contribution < -0.4 is 11.1 Å². The van der Waals surface area contributed by atoms with Gasteiger partial charge in [0.15, 0.2) is 6.10 Å². The normalized spacial score (nSPS) is 22.0. The lowest BCUT2D eigenvalue weighted by molar-refractivity contribution is -0.151.